The first kappa shape index (κ1) is 49.7. The maximum absolute atomic E-state index is 12.3. The highest BCUT2D eigenvalue weighted by Gasteiger charge is 2.03. The molecule has 0 aliphatic carbocycles. The summed E-state index contributed by atoms with van der Waals surface area (Å²) >= 11 is 0. The lowest BCUT2D eigenvalue weighted by atomic mass is 10.0. The van der Waals surface area contributed by atoms with Gasteiger partial charge in [0.2, 0.25) is 0 Å². The van der Waals surface area contributed by atoms with Crippen molar-refractivity contribution in [3.63, 3.8) is 0 Å². The van der Waals surface area contributed by atoms with Crippen LogP contribution in [0.5, 0.6) is 0 Å². The van der Waals surface area contributed by atoms with Crippen LogP contribution < -0.4 is 0 Å². The van der Waals surface area contributed by atoms with Crippen LogP contribution in [-0.2, 0) is 4.79 Å². The van der Waals surface area contributed by atoms with Gasteiger partial charge in [-0.2, -0.15) is 0 Å². The van der Waals surface area contributed by atoms with Gasteiger partial charge in [0.1, 0.15) is 5.78 Å². The second-order valence-corrected chi connectivity index (χ2v) is 16.9. The summed E-state index contributed by atoms with van der Waals surface area (Å²) in [5.41, 5.74) is 0. The predicted molar refractivity (Wildman–Crippen MR) is 229 cm³/mol. The standard InChI is InChI=1S/C49H98O/c1-3-5-7-9-11-13-15-17-19-21-23-25-26-27-28-30-32-34-36-38-40-42-44-46-48-49(50)47-45-43-41-39-37-35-33-31-29-24-22-20-18-16-14-12-10-8-6-4-2/h3-48H2,1-2H3. The van der Waals surface area contributed by atoms with E-state index in [0.717, 1.165) is 25.7 Å². The summed E-state index contributed by atoms with van der Waals surface area (Å²) in [5.74, 6) is 0.534. The van der Waals surface area contributed by atoms with Crippen molar-refractivity contribution in [3.05, 3.63) is 0 Å². The molecular weight excluding hydrogens is 605 g/mol. The van der Waals surface area contributed by atoms with Gasteiger partial charge in [-0.15, -0.1) is 0 Å². The lowest BCUT2D eigenvalue weighted by Gasteiger charge is -2.05. The molecule has 50 heavy (non-hydrogen) atoms. The fraction of sp³-hybridized carbons (Fsp3) is 0.980. The molecule has 0 aromatic rings. The van der Waals surface area contributed by atoms with Crippen LogP contribution in [0, 0.1) is 0 Å². The zero-order valence-corrected chi connectivity index (χ0v) is 35.4. The largest absolute Gasteiger partial charge is 0.300 e. The van der Waals surface area contributed by atoms with Crippen molar-refractivity contribution in [3.8, 4) is 0 Å². The van der Waals surface area contributed by atoms with E-state index in [4.69, 9.17) is 0 Å². The number of carbonyl (C=O) groups excluding carboxylic acids is 1. The van der Waals surface area contributed by atoms with Crippen molar-refractivity contribution in [2.75, 3.05) is 0 Å². The monoisotopic (exact) mass is 703 g/mol. The topological polar surface area (TPSA) is 17.1 Å². The summed E-state index contributed by atoms with van der Waals surface area (Å²) in [5, 5.41) is 0. The molecule has 0 amide bonds. The first-order chi connectivity index (χ1) is 24.8. The minimum atomic E-state index is 0.534. The number of carbonyl (C=O) groups is 1. The molecule has 0 unspecified atom stereocenters. The van der Waals surface area contributed by atoms with Gasteiger partial charge in [0.15, 0.2) is 0 Å². The molecule has 0 N–H and O–H groups in total. The third-order valence-corrected chi connectivity index (χ3v) is 11.6. The fourth-order valence-electron chi connectivity index (χ4n) is 7.99. The first-order valence-electron chi connectivity index (χ1n) is 24.3. The molecule has 0 aliphatic rings. The van der Waals surface area contributed by atoms with E-state index in [1.54, 1.807) is 0 Å². The van der Waals surface area contributed by atoms with Crippen LogP contribution in [0.15, 0.2) is 0 Å². The molecule has 0 fully saturated rings. The Morgan fingerprint density at radius 3 is 0.460 bits per heavy atom. The Kier molecular flexibility index (Phi) is 46.4. The van der Waals surface area contributed by atoms with Crippen LogP contribution >= 0.6 is 0 Å². The number of Topliss-reactive ketones (excluding diaryl/α,β-unsaturated/α-hetero) is 1. The maximum atomic E-state index is 12.3. The molecule has 1 nitrogen and oxygen atoms in total. The summed E-state index contributed by atoms with van der Waals surface area (Å²) in [6, 6.07) is 0. The number of hydrogen-bond donors (Lipinski definition) is 0. The molecule has 0 saturated heterocycles. The van der Waals surface area contributed by atoms with Gasteiger partial charge in [0.05, 0.1) is 0 Å². The van der Waals surface area contributed by atoms with Crippen LogP contribution in [0.3, 0.4) is 0 Å². The van der Waals surface area contributed by atoms with Crippen LogP contribution in [0.2, 0.25) is 0 Å². The second kappa shape index (κ2) is 46.7. The molecule has 1 heteroatoms. The van der Waals surface area contributed by atoms with Crippen molar-refractivity contribution in [2.45, 2.75) is 309 Å². The van der Waals surface area contributed by atoms with Gasteiger partial charge in [0.25, 0.3) is 0 Å². The van der Waals surface area contributed by atoms with Crippen LogP contribution in [0.1, 0.15) is 309 Å². The van der Waals surface area contributed by atoms with E-state index in [9.17, 15) is 4.79 Å². The van der Waals surface area contributed by atoms with Gasteiger partial charge in [-0.1, -0.05) is 284 Å². The van der Waals surface area contributed by atoms with E-state index >= 15 is 0 Å². The molecule has 0 aromatic carbocycles. The highest BCUT2D eigenvalue weighted by molar-refractivity contribution is 5.78. The van der Waals surface area contributed by atoms with E-state index in [0.29, 0.717) is 5.78 Å². The van der Waals surface area contributed by atoms with E-state index < -0.39 is 0 Å². The smallest absolute Gasteiger partial charge is 0.132 e. The SMILES string of the molecule is CCCCCCCCCCCCCCCCCCCCCCCCCCC(=O)CCCCCCCCCCCCCCCCCCCCCC. The first-order valence-corrected chi connectivity index (χ1v) is 24.3. The van der Waals surface area contributed by atoms with Crippen LogP contribution in [0.4, 0.5) is 0 Å². The number of ketones is 1. The molecule has 0 aromatic heterocycles. The molecule has 0 heterocycles. The van der Waals surface area contributed by atoms with Crippen LogP contribution in [0.25, 0.3) is 0 Å². The van der Waals surface area contributed by atoms with E-state index in [1.165, 1.54) is 270 Å². The molecule has 0 atom stereocenters. The van der Waals surface area contributed by atoms with Crippen LogP contribution in [-0.4, -0.2) is 5.78 Å². The Balaban J connectivity index is 3.14. The van der Waals surface area contributed by atoms with E-state index in [2.05, 4.69) is 13.8 Å². The van der Waals surface area contributed by atoms with Crippen molar-refractivity contribution >= 4 is 5.78 Å². The molecule has 0 saturated carbocycles. The predicted octanol–water partition coefficient (Wildman–Crippen LogP) is 18.5. The molecule has 0 rings (SSSR count). The average Bonchev–Trinajstić information content (AvgIpc) is 3.12. The summed E-state index contributed by atoms with van der Waals surface area (Å²) in [6.07, 6.45) is 64.3. The van der Waals surface area contributed by atoms with Gasteiger partial charge in [-0.3, -0.25) is 4.79 Å². The summed E-state index contributed by atoms with van der Waals surface area (Å²) in [4.78, 5) is 12.3. The third-order valence-electron chi connectivity index (χ3n) is 11.6. The molecule has 0 bridgehead atoms. The van der Waals surface area contributed by atoms with Gasteiger partial charge in [0, 0.05) is 12.8 Å². The minimum Gasteiger partial charge on any atom is -0.300 e. The highest BCUT2D eigenvalue weighted by Crippen LogP contribution is 2.18. The minimum absolute atomic E-state index is 0.534. The Bertz CT molecular complexity index is 596. The van der Waals surface area contributed by atoms with Gasteiger partial charge < -0.3 is 0 Å². The van der Waals surface area contributed by atoms with E-state index in [1.807, 2.05) is 0 Å². The van der Waals surface area contributed by atoms with E-state index in [-0.39, 0.29) is 0 Å². The maximum Gasteiger partial charge on any atom is 0.132 e. The molecule has 300 valence electrons. The Labute approximate surface area is 318 Å². The average molecular weight is 703 g/mol. The lowest BCUT2D eigenvalue weighted by Crippen LogP contribution is -1.97. The third kappa shape index (κ3) is 45.7. The Morgan fingerprint density at radius 1 is 0.200 bits per heavy atom. The van der Waals surface area contributed by atoms with Gasteiger partial charge in [-0.05, 0) is 12.8 Å². The summed E-state index contributed by atoms with van der Waals surface area (Å²) < 4.78 is 0. The molecule has 0 spiro atoms. The molecule has 0 radical (unpaired) electrons. The summed E-state index contributed by atoms with van der Waals surface area (Å²) in [6.45, 7) is 4.61. The highest BCUT2D eigenvalue weighted by atomic mass is 16.1. The Hall–Kier alpha value is -0.330. The normalized spacial score (nSPS) is 11.6. The fourth-order valence-corrected chi connectivity index (χ4v) is 7.99. The van der Waals surface area contributed by atoms with Crippen molar-refractivity contribution in [1.29, 1.82) is 0 Å². The second-order valence-electron chi connectivity index (χ2n) is 16.9. The van der Waals surface area contributed by atoms with Crippen molar-refractivity contribution in [2.24, 2.45) is 0 Å². The lowest BCUT2D eigenvalue weighted by molar-refractivity contribution is -0.119. The van der Waals surface area contributed by atoms with Crippen molar-refractivity contribution < 1.29 is 4.79 Å². The zero-order chi connectivity index (χ0) is 36.1. The summed E-state index contributed by atoms with van der Waals surface area (Å²) in [7, 11) is 0. The number of rotatable bonds is 46. The molecule has 0 aliphatic heterocycles. The zero-order valence-electron chi connectivity index (χ0n) is 35.4. The van der Waals surface area contributed by atoms with Crippen molar-refractivity contribution in [1.82, 2.24) is 0 Å². The van der Waals surface area contributed by atoms with Gasteiger partial charge in [-0.25, -0.2) is 0 Å². The molecular formula is C49H98O. The number of hydrogen-bond acceptors (Lipinski definition) is 1. The Morgan fingerprint density at radius 2 is 0.320 bits per heavy atom. The van der Waals surface area contributed by atoms with Gasteiger partial charge >= 0.3 is 0 Å². The quantitative estimate of drug-likeness (QED) is 0.0577. The number of unbranched alkanes of at least 4 members (excludes halogenated alkanes) is 42.